The van der Waals surface area contributed by atoms with Gasteiger partial charge in [-0.2, -0.15) is 0 Å². The molecule has 1 fully saturated rings. The molecule has 1 saturated heterocycles. The Morgan fingerprint density at radius 2 is 1.90 bits per heavy atom. The summed E-state index contributed by atoms with van der Waals surface area (Å²) in [5.41, 5.74) is 3.30. The Morgan fingerprint density at radius 1 is 1.24 bits per heavy atom. The largest absolute Gasteiger partial charge is 0.426 e. The lowest BCUT2D eigenvalue weighted by Gasteiger charge is -2.24. The van der Waals surface area contributed by atoms with Gasteiger partial charge in [-0.05, 0) is 36.7 Å². The van der Waals surface area contributed by atoms with E-state index in [2.05, 4.69) is 18.0 Å². The molecule has 1 amide bonds. The van der Waals surface area contributed by atoms with Gasteiger partial charge in [-0.3, -0.25) is 14.5 Å². The number of amides is 1. The lowest BCUT2D eigenvalue weighted by atomic mass is 9.95. The average Bonchev–Trinajstić information content (AvgIpc) is 2.57. The third kappa shape index (κ3) is 2.21. The maximum Gasteiger partial charge on any atom is 0.308 e. The fourth-order valence-electron chi connectivity index (χ4n) is 3.39. The van der Waals surface area contributed by atoms with Crippen LogP contribution in [0, 0.1) is 6.92 Å². The molecule has 1 aromatic rings. The number of carbonyl (C=O) groups excluding carboxylic acids is 2. The number of rotatable bonds is 1. The second-order valence-corrected chi connectivity index (χ2v) is 6.02. The molecule has 5 nitrogen and oxygen atoms in total. The Kier molecular flexibility index (Phi) is 3.24. The minimum atomic E-state index is -0.308. The van der Waals surface area contributed by atoms with Crippen LogP contribution in [0.25, 0.3) is 0 Å². The van der Waals surface area contributed by atoms with Crippen LogP contribution in [0.1, 0.15) is 42.1 Å². The highest BCUT2D eigenvalue weighted by Gasteiger charge is 2.41. The van der Waals surface area contributed by atoms with E-state index >= 15 is 0 Å². The Morgan fingerprint density at radius 3 is 2.57 bits per heavy atom. The van der Waals surface area contributed by atoms with Crippen LogP contribution < -0.4 is 4.74 Å². The van der Waals surface area contributed by atoms with E-state index in [9.17, 15) is 9.59 Å². The van der Waals surface area contributed by atoms with Crippen LogP contribution in [0.2, 0.25) is 0 Å². The normalized spacial score (nSPS) is 24.8. The summed E-state index contributed by atoms with van der Waals surface area (Å²) in [5, 5.41) is 0. The van der Waals surface area contributed by atoms with Gasteiger partial charge < -0.3 is 9.64 Å². The van der Waals surface area contributed by atoms with Gasteiger partial charge >= 0.3 is 5.97 Å². The van der Waals surface area contributed by atoms with Crippen LogP contribution in [0.5, 0.6) is 5.75 Å². The average molecular weight is 288 g/mol. The number of aryl methyl sites for hydroxylation is 1. The molecule has 2 unspecified atom stereocenters. The summed E-state index contributed by atoms with van der Waals surface area (Å²) >= 11 is 0. The Balaban J connectivity index is 2.08. The third-order valence-corrected chi connectivity index (χ3v) is 4.58. The highest BCUT2D eigenvalue weighted by Crippen LogP contribution is 2.46. The van der Waals surface area contributed by atoms with Gasteiger partial charge in [0.15, 0.2) is 0 Å². The van der Waals surface area contributed by atoms with Gasteiger partial charge in [-0.1, -0.05) is 6.07 Å². The van der Waals surface area contributed by atoms with Crippen molar-refractivity contribution in [2.45, 2.75) is 32.4 Å². The van der Waals surface area contributed by atoms with Crippen molar-refractivity contribution in [3.8, 4) is 5.75 Å². The number of fused-ring (bicyclic) bond motifs is 5. The van der Waals surface area contributed by atoms with Gasteiger partial charge in [0.25, 0.3) is 0 Å². The highest BCUT2D eigenvalue weighted by molar-refractivity contribution is 5.78. The van der Waals surface area contributed by atoms with Crippen LogP contribution >= 0.6 is 0 Å². The van der Waals surface area contributed by atoms with Gasteiger partial charge in [0.2, 0.25) is 5.91 Å². The fourth-order valence-corrected chi connectivity index (χ4v) is 3.39. The number of esters is 1. The minimum absolute atomic E-state index is 0.118. The van der Waals surface area contributed by atoms with Crippen LogP contribution in [0.3, 0.4) is 0 Å². The van der Waals surface area contributed by atoms with Gasteiger partial charge in [0, 0.05) is 33.0 Å². The first kappa shape index (κ1) is 14.1. The second kappa shape index (κ2) is 4.84. The number of nitrogens with zero attached hydrogens (tertiary/aromatic N) is 2. The molecule has 3 rings (SSSR count). The molecule has 2 aliphatic heterocycles. The van der Waals surface area contributed by atoms with Crippen molar-refractivity contribution in [3.63, 3.8) is 0 Å². The van der Waals surface area contributed by atoms with Gasteiger partial charge in [0.1, 0.15) is 5.75 Å². The summed E-state index contributed by atoms with van der Waals surface area (Å²) in [7, 11) is 3.90. The van der Waals surface area contributed by atoms with Crippen LogP contribution in [-0.2, 0) is 9.59 Å². The van der Waals surface area contributed by atoms with Crippen LogP contribution in [0.4, 0.5) is 0 Å². The van der Waals surface area contributed by atoms with E-state index in [-0.39, 0.29) is 24.0 Å². The number of likely N-dealkylation sites (N-methyl/N-ethyl adjacent to an activating group) is 2. The van der Waals surface area contributed by atoms with Crippen molar-refractivity contribution in [3.05, 3.63) is 28.8 Å². The predicted molar refractivity (Wildman–Crippen MR) is 78.0 cm³/mol. The molecule has 1 aromatic carbocycles. The molecule has 112 valence electrons. The quantitative estimate of drug-likeness (QED) is 0.584. The standard InChI is InChI=1S/C16H20N2O3/c1-9-5-11-12(6-15(9)21-10(2)19)14-8-17(3)16(20)7-13(11)18(14)4/h5-6,13-14H,7-8H2,1-4H3. The molecule has 0 aromatic heterocycles. The van der Waals surface area contributed by atoms with Crippen molar-refractivity contribution in [2.75, 3.05) is 20.6 Å². The van der Waals surface area contributed by atoms with E-state index in [0.29, 0.717) is 18.7 Å². The molecule has 0 N–H and O–H groups in total. The summed E-state index contributed by atoms with van der Waals surface area (Å²) in [5.74, 6) is 0.494. The van der Waals surface area contributed by atoms with Crippen molar-refractivity contribution >= 4 is 11.9 Å². The van der Waals surface area contributed by atoms with Crippen LogP contribution in [-0.4, -0.2) is 42.3 Å². The van der Waals surface area contributed by atoms with Gasteiger partial charge in [0.05, 0.1) is 6.04 Å². The molecule has 2 heterocycles. The second-order valence-electron chi connectivity index (χ2n) is 6.02. The third-order valence-electron chi connectivity index (χ3n) is 4.58. The molecule has 2 bridgehead atoms. The van der Waals surface area contributed by atoms with Crippen LogP contribution in [0.15, 0.2) is 12.1 Å². The monoisotopic (exact) mass is 288 g/mol. The molecular formula is C16H20N2O3. The van der Waals surface area contributed by atoms with Gasteiger partial charge in [-0.15, -0.1) is 0 Å². The summed E-state index contributed by atoms with van der Waals surface area (Å²) in [6.07, 6.45) is 0.503. The van der Waals surface area contributed by atoms with E-state index in [1.165, 1.54) is 18.1 Å². The van der Waals surface area contributed by atoms with E-state index < -0.39 is 0 Å². The van der Waals surface area contributed by atoms with Gasteiger partial charge in [-0.25, -0.2) is 0 Å². The number of benzene rings is 1. The number of hydrogen-bond acceptors (Lipinski definition) is 4. The Bertz CT molecular complexity index is 626. The topological polar surface area (TPSA) is 49.9 Å². The smallest absolute Gasteiger partial charge is 0.308 e. The molecule has 0 aliphatic carbocycles. The molecule has 5 heteroatoms. The molecule has 2 atom stereocenters. The van der Waals surface area contributed by atoms with Crippen molar-refractivity contribution in [1.82, 2.24) is 9.80 Å². The summed E-state index contributed by atoms with van der Waals surface area (Å²) in [4.78, 5) is 27.3. The first-order chi connectivity index (χ1) is 9.88. The van der Waals surface area contributed by atoms with Crippen molar-refractivity contribution < 1.29 is 14.3 Å². The molecule has 0 radical (unpaired) electrons. The molecule has 0 spiro atoms. The Hall–Kier alpha value is -1.88. The first-order valence-corrected chi connectivity index (χ1v) is 7.17. The zero-order chi connectivity index (χ0) is 15.3. The molecule has 0 saturated carbocycles. The lowest BCUT2D eigenvalue weighted by Crippen LogP contribution is -2.30. The maximum atomic E-state index is 12.1. The predicted octanol–water partition coefficient (Wildman–Crippen LogP) is 1.81. The molecular weight excluding hydrogens is 268 g/mol. The van der Waals surface area contributed by atoms with Crippen molar-refractivity contribution in [1.29, 1.82) is 0 Å². The SMILES string of the molecule is CC(=O)Oc1cc2c(cc1C)C1CC(=O)N(C)CC2N1C. The molecule has 21 heavy (non-hydrogen) atoms. The highest BCUT2D eigenvalue weighted by atomic mass is 16.5. The van der Waals surface area contributed by atoms with E-state index in [4.69, 9.17) is 4.74 Å². The van der Waals surface area contributed by atoms with E-state index in [1.54, 1.807) is 4.90 Å². The Labute approximate surface area is 124 Å². The maximum absolute atomic E-state index is 12.1. The molecule has 2 aliphatic rings. The first-order valence-electron chi connectivity index (χ1n) is 7.17. The summed E-state index contributed by atoms with van der Waals surface area (Å²) in [6, 6.07) is 4.31. The fraction of sp³-hybridized carbons (Fsp3) is 0.500. The number of hydrogen-bond donors (Lipinski definition) is 0. The van der Waals surface area contributed by atoms with E-state index in [0.717, 1.165) is 5.56 Å². The van der Waals surface area contributed by atoms with E-state index in [1.807, 2.05) is 20.0 Å². The zero-order valence-corrected chi connectivity index (χ0v) is 12.8. The lowest BCUT2D eigenvalue weighted by molar-refractivity contribution is -0.132. The van der Waals surface area contributed by atoms with Crippen molar-refractivity contribution in [2.24, 2.45) is 0 Å². The minimum Gasteiger partial charge on any atom is -0.426 e. The number of ether oxygens (including phenoxy) is 1. The summed E-state index contributed by atoms with van der Waals surface area (Å²) in [6.45, 7) is 4.01. The summed E-state index contributed by atoms with van der Waals surface area (Å²) < 4.78 is 5.30. The zero-order valence-electron chi connectivity index (χ0n) is 12.8. The number of carbonyl (C=O) groups is 2.